The molecule has 1 aromatic carbocycles. The summed E-state index contributed by atoms with van der Waals surface area (Å²) in [6, 6.07) is 8.90. The lowest BCUT2D eigenvalue weighted by Gasteiger charge is -2.26. The highest BCUT2D eigenvalue weighted by Crippen LogP contribution is 2.20. The highest BCUT2D eigenvalue weighted by atomic mass is 35.5. The number of piperidine rings is 1. The van der Waals surface area contributed by atoms with E-state index in [4.69, 9.17) is 0 Å². The van der Waals surface area contributed by atoms with Gasteiger partial charge in [0.05, 0.1) is 0 Å². The average molecular weight is 352 g/mol. The summed E-state index contributed by atoms with van der Waals surface area (Å²) in [5, 5.41) is 6.42. The number of carbonyl (C=O) groups excluding carboxylic acids is 2. The third-order valence-electron chi connectivity index (χ3n) is 4.80. The summed E-state index contributed by atoms with van der Waals surface area (Å²) in [5.41, 5.74) is 0.656. The molecule has 2 atom stereocenters. The highest BCUT2D eigenvalue weighted by Gasteiger charge is 2.34. The molecule has 0 radical (unpaired) electrons. The fourth-order valence-corrected chi connectivity index (χ4v) is 3.49. The first kappa shape index (κ1) is 18.7. The van der Waals surface area contributed by atoms with Crippen molar-refractivity contribution in [3.8, 4) is 0 Å². The predicted molar refractivity (Wildman–Crippen MR) is 96.4 cm³/mol. The summed E-state index contributed by atoms with van der Waals surface area (Å²) in [7, 11) is 0. The number of rotatable bonds is 4. The molecule has 5 nitrogen and oxygen atoms in total. The standard InChI is InChI=1S/C18H25N3O2.ClH/c22-17(20-13-14-6-4-10-19-12-14)16-9-5-11-21(16)18(23)15-7-2-1-3-8-15;/h1-3,7-8,14,16,19H,4-6,9-13H2,(H,20,22);1H. The van der Waals surface area contributed by atoms with Crippen LogP contribution in [-0.4, -0.2) is 48.9 Å². The van der Waals surface area contributed by atoms with Crippen LogP contribution >= 0.6 is 12.4 Å². The Labute approximate surface area is 149 Å². The molecule has 0 bridgehead atoms. The molecule has 24 heavy (non-hydrogen) atoms. The average Bonchev–Trinajstić information content (AvgIpc) is 3.10. The molecule has 1 aromatic rings. The molecule has 0 aromatic heterocycles. The van der Waals surface area contributed by atoms with Crippen molar-refractivity contribution in [3.05, 3.63) is 35.9 Å². The summed E-state index contributed by atoms with van der Waals surface area (Å²) < 4.78 is 0. The Morgan fingerprint density at radius 1 is 1.17 bits per heavy atom. The number of hydrogen-bond acceptors (Lipinski definition) is 3. The Kier molecular flexibility index (Phi) is 7.06. The number of amides is 2. The van der Waals surface area contributed by atoms with Crippen molar-refractivity contribution in [2.24, 2.45) is 5.92 Å². The Morgan fingerprint density at radius 2 is 1.96 bits per heavy atom. The minimum atomic E-state index is -0.320. The molecular weight excluding hydrogens is 326 g/mol. The second-order valence-electron chi connectivity index (χ2n) is 6.48. The van der Waals surface area contributed by atoms with Crippen LogP contribution in [0.15, 0.2) is 30.3 Å². The molecule has 3 rings (SSSR count). The second-order valence-corrected chi connectivity index (χ2v) is 6.48. The van der Waals surface area contributed by atoms with Crippen molar-refractivity contribution >= 4 is 24.2 Å². The highest BCUT2D eigenvalue weighted by molar-refractivity contribution is 5.97. The maximum atomic E-state index is 12.6. The van der Waals surface area contributed by atoms with E-state index in [0.29, 0.717) is 24.6 Å². The zero-order valence-electron chi connectivity index (χ0n) is 13.9. The zero-order chi connectivity index (χ0) is 16.1. The van der Waals surface area contributed by atoms with Gasteiger partial charge in [-0.1, -0.05) is 18.2 Å². The fraction of sp³-hybridized carbons (Fsp3) is 0.556. The van der Waals surface area contributed by atoms with Crippen LogP contribution in [0.25, 0.3) is 0 Å². The molecule has 0 aliphatic carbocycles. The minimum absolute atomic E-state index is 0. The monoisotopic (exact) mass is 351 g/mol. The van der Waals surface area contributed by atoms with Gasteiger partial charge < -0.3 is 15.5 Å². The van der Waals surface area contributed by atoms with E-state index in [1.54, 1.807) is 4.90 Å². The molecule has 2 amide bonds. The first-order chi connectivity index (χ1) is 11.3. The van der Waals surface area contributed by atoms with E-state index in [1.807, 2.05) is 30.3 Å². The fourth-order valence-electron chi connectivity index (χ4n) is 3.49. The quantitative estimate of drug-likeness (QED) is 0.870. The number of nitrogens with one attached hydrogen (secondary N) is 2. The van der Waals surface area contributed by atoms with E-state index in [0.717, 1.165) is 32.4 Å². The van der Waals surface area contributed by atoms with Crippen LogP contribution in [0.3, 0.4) is 0 Å². The first-order valence-electron chi connectivity index (χ1n) is 8.60. The van der Waals surface area contributed by atoms with Crippen molar-refractivity contribution in [3.63, 3.8) is 0 Å². The van der Waals surface area contributed by atoms with Crippen molar-refractivity contribution in [2.75, 3.05) is 26.2 Å². The van der Waals surface area contributed by atoms with Crippen molar-refractivity contribution < 1.29 is 9.59 Å². The van der Waals surface area contributed by atoms with E-state index in [-0.39, 0.29) is 30.3 Å². The van der Waals surface area contributed by atoms with Gasteiger partial charge in [0, 0.05) is 18.7 Å². The third kappa shape index (κ3) is 4.48. The van der Waals surface area contributed by atoms with Gasteiger partial charge in [0.25, 0.3) is 5.91 Å². The Bertz CT molecular complexity index is 546. The SMILES string of the molecule is Cl.O=C(NCC1CCCNC1)C1CCCN1C(=O)c1ccccc1. The van der Waals surface area contributed by atoms with Crippen LogP contribution < -0.4 is 10.6 Å². The van der Waals surface area contributed by atoms with Crippen LogP contribution in [-0.2, 0) is 4.79 Å². The summed E-state index contributed by atoms with van der Waals surface area (Å²) in [6.07, 6.45) is 3.97. The number of hydrogen-bond donors (Lipinski definition) is 2. The minimum Gasteiger partial charge on any atom is -0.354 e. The topological polar surface area (TPSA) is 61.4 Å². The van der Waals surface area contributed by atoms with Crippen molar-refractivity contribution in [1.82, 2.24) is 15.5 Å². The molecule has 2 N–H and O–H groups in total. The van der Waals surface area contributed by atoms with Crippen LogP contribution in [0, 0.1) is 5.92 Å². The summed E-state index contributed by atoms with van der Waals surface area (Å²) in [6.45, 7) is 3.41. The van der Waals surface area contributed by atoms with E-state index >= 15 is 0 Å². The van der Waals surface area contributed by atoms with E-state index in [1.165, 1.54) is 6.42 Å². The number of likely N-dealkylation sites (tertiary alicyclic amines) is 1. The van der Waals surface area contributed by atoms with Crippen LogP contribution in [0.5, 0.6) is 0 Å². The van der Waals surface area contributed by atoms with E-state index in [9.17, 15) is 9.59 Å². The van der Waals surface area contributed by atoms with Gasteiger partial charge in [0.15, 0.2) is 0 Å². The Hall–Kier alpha value is -1.59. The van der Waals surface area contributed by atoms with Crippen molar-refractivity contribution in [1.29, 1.82) is 0 Å². The number of carbonyl (C=O) groups is 2. The lowest BCUT2D eigenvalue weighted by Crippen LogP contribution is -2.48. The van der Waals surface area contributed by atoms with Crippen LogP contribution in [0.4, 0.5) is 0 Å². The van der Waals surface area contributed by atoms with Gasteiger partial charge in [-0.05, 0) is 56.8 Å². The maximum Gasteiger partial charge on any atom is 0.254 e. The number of halogens is 1. The number of benzene rings is 1. The van der Waals surface area contributed by atoms with Gasteiger partial charge in [-0.15, -0.1) is 12.4 Å². The molecular formula is C18H26ClN3O2. The third-order valence-corrected chi connectivity index (χ3v) is 4.80. The molecule has 2 fully saturated rings. The smallest absolute Gasteiger partial charge is 0.254 e. The summed E-state index contributed by atoms with van der Waals surface area (Å²) >= 11 is 0. The van der Waals surface area contributed by atoms with Gasteiger partial charge in [-0.25, -0.2) is 0 Å². The lowest BCUT2D eigenvalue weighted by atomic mass is 9.99. The van der Waals surface area contributed by atoms with Gasteiger partial charge in [0.2, 0.25) is 5.91 Å². The van der Waals surface area contributed by atoms with Gasteiger partial charge in [0.1, 0.15) is 6.04 Å². The molecule has 0 spiro atoms. The number of nitrogens with zero attached hydrogens (tertiary/aromatic N) is 1. The van der Waals surface area contributed by atoms with E-state index in [2.05, 4.69) is 10.6 Å². The van der Waals surface area contributed by atoms with Gasteiger partial charge in [-0.2, -0.15) is 0 Å². The van der Waals surface area contributed by atoms with E-state index < -0.39 is 0 Å². The molecule has 132 valence electrons. The second kappa shape index (κ2) is 9.04. The molecule has 0 saturated carbocycles. The Balaban J connectivity index is 0.00000208. The molecule has 2 unspecified atom stereocenters. The van der Waals surface area contributed by atoms with Gasteiger partial charge in [-0.3, -0.25) is 9.59 Å². The Morgan fingerprint density at radius 3 is 2.67 bits per heavy atom. The largest absolute Gasteiger partial charge is 0.354 e. The molecule has 2 saturated heterocycles. The van der Waals surface area contributed by atoms with Gasteiger partial charge >= 0.3 is 0 Å². The first-order valence-corrected chi connectivity index (χ1v) is 8.60. The maximum absolute atomic E-state index is 12.6. The normalized spacial score (nSPS) is 23.4. The molecule has 2 aliphatic rings. The van der Waals surface area contributed by atoms with Crippen molar-refractivity contribution in [2.45, 2.75) is 31.7 Å². The molecule has 2 heterocycles. The summed E-state index contributed by atoms with van der Waals surface area (Å²) in [5.74, 6) is 0.465. The summed E-state index contributed by atoms with van der Waals surface area (Å²) in [4.78, 5) is 26.8. The zero-order valence-corrected chi connectivity index (χ0v) is 14.7. The van der Waals surface area contributed by atoms with Crippen LogP contribution in [0.1, 0.15) is 36.0 Å². The molecule has 6 heteroatoms. The predicted octanol–water partition coefficient (Wildman–Crippen LogP) is 1.83. The lowest BCUT2D eigenvalue weighted by molar-refractivity contribution is -0.125. The molecule has 2 aliphatic heterocycles. The van der Waals surface area contributed by atoms with Crippen LogP contribution in [0.2, 0.25) is 0 Å².